The minimum absolute atomic E-state index is 0.0551. The van der Waals surface area contributed by atoms with Crippen molar-refractivity contribution in [2.24, 2.45) is 10.9 Å². The van der Waals surface area contributed by atoms with E-state index in [0.717, 1.165) is 10.0 Å². The number of hydrogen-bond acceptors (Lipinski definition) is 4. The first-order valence-electron chi connectivity index (χ1n) is 10.2. The average Bonchev–Trinajstić information content (AvgIpc) is 2.79. The van der Waals surface area contributed by atoms with Gasteiger partial charge in [-0.25, -0.2) is 0 Å². The maximum Gasteiger partial charge on any atom is 0.322 e. The predicted molar refractivity (Wildman–Crippen MR) is 128 cm³/mol. The summed E-state index contributed by atoms with van der Waals surface area (Å²) in [6, 6.07) is 14.2. The molecule has 174 valence electrons. The number of hydrogen-bond donors (Lipinski definition) is 2. The van der Waals surface area contributed by atoms with E-state index in [2.05, 4.69) is 26.2 Å². The molecule has 1 aliphatic heterocycles. The molecule has 2 aromatic rings. The molecule has 2 aromatic carbocycles. The molecule has 0 aromatic heterocycles. The Bertz CT molecular complexity index is 1090. The molecule has 0 aliphatic carbocycles. The van der Waals surface area contributed by atoms with Crippen LogP contribution in [0.4, 0.5) is 0 Å². The Morgan fingerprint density at radius 2 is 1.70 bits per heavy atom. The minimum atomic E-state index is -1.75. The molecule has 0 saturated carbocycles. The molecule has 0 spiro atoms. The predicted octanol–water partition coefficient (Wildman–Crippen LogP) is 3.46. The second-order valence-electron chi connectivity index (χ2n) is 6.69. The summed E-state index contributed by atoms with van der Waals surface area (Å²) < 4.78 is 0.740. The second kappa shape index (κ2) is 12.3. The Morgan fingerprint density at radius 3 is 2.30 bits per heavy atom. The highest BCUT2D eigenvalue weighted by atomic mass is 79.9. The number of aliphatic imine (C=N–C) groups is 1. The largest absolute Gasteiger partial charge is 0.480 e. The highest BCUT2D eigenvalue weighted by Crippen LogP contribution is 2.25. The number of carboxylic acids is 1. The van der Waals surface area contributed by atoms with Gasteiger partial charge in [-0.2, -0.15) is 4.99 Å². The normalized spacial score (nSPS) is 15.3. The fourth-order valence-electron chi connectivity index (χ4n) is 3.04. The number of carbonyl (C=O) groups is 4. The van der Waals surface area contributed by atoms with Crippen LogP contribution in [0.25, 0.3) is 0 Å². The van der Waals surface area contributed by atoms with Crippen LogP contribution < -0.4 is 5.32 Å². The molecule has 10 heteroatoms. The van der Waals surface area contributed by atoms with Crippen LogP contribution in [-0.2, 0) is 32.1 Å². The molecule has 3 rings (SSSR count). The quantitative estimate of drug-likeness (QED) is 0.526. The van der Waals surface area contributed by atoms with Gasteiger partial charge in [0.25, 0.3) is 11.8 Å². The number of nitrogens with one attached hydrogen (secondary N) is 1. The molecule has 33 heavy (non-hydrogen) atoms. The van der Waals surface area contributed by atoms with Crippen molar-refractivity contribution in [2.75, 3.05) is 6.54 Å². The van der Waals surface area contributed by atoms with E-state index in [1.165, 1.54) is 4.90 Å². The van der Waals surface area contributed by atoms with Gasteiger partial charge in [0.2, 0.25) is 5.91 Å². The first-order valence-corrected chi connectivity index (χ1v) is 11.3. The van der Waals surface area contributed by atoms with Crippen LogP contribution in [0.5, 0.6) is 0 Å². The van der Waals surface area contributed by atoms with Crippen molar-refractivity contribution in [3.63, 3.8) is 0 Å². The third kappa shape index (κ3) is 6.72. The van der Waals surface area contributed by atoms with Crippen molar-refractivity contribution in [1.82, 2.24) is 10.2 Å². The maximum atomic E-state index is 13.2. The lowest BCUT2D eigenvalue weighted by Gasteiger charge is -2.31. The van der Waals surface area contributed by atoms with Gasteiger partial charge < -0.3 is 10.4 Å². The number of amidine groups is 1. The Hall–Kier alpha value is -3.04. The standard InChI is InChI=1S/C21H17BrClN3O5.C2H6/c22-14-7-3-1-6-13(14)11-26-16(9-12-5-2-4-8-15(12)23)25-20(30)18(21(26)31)19(29)24-10-17(27)28;1-2/h1-8,18H,9-11H2,(H,24,29)(H,27,28);1-2H3. The molecule has 0 bridgehead atoms. The molecule has 1 heterocycles. The fourth-order valence-corrected chi connectivity index (χ4v) is 3.66. The van der Waals surface area contributed by atoms with Gasteiger partial charge in [0.05, 0.1) is 6.54 Å². The van der Waals surface area contributed by atoms with Crippen molar-refractivity contribution in [3.05, 3.63) is 69.2 Å². The van der Waals surface area contributed by atoms with Gasteiger partial charge in [-0.05, 0) is 23.3 Å². The zero-order valence-electron chi connectivity index (χ0n) is 18.0. The van der Waals surface area contributed by atoms with Crippen LogP contribution in [0, 0.1) is 5.92 Å². The number of aliphatic carboxylic acids is 1. The Balaban J connectivity index is 0.00000187. The molecule has 0 saturated heterocycles. The Kier molecular flexibility index (Phi) is 9.74. The van der Waals surface area contributed by atoms with Crippen molar-refractivity contribution >= 4 is 57.1 Å². The molecule has 2 N–H and O–H groups in total. The van der Waals surface area contributed by atoms with Crippen molar-refractivity contribution < 1.29 is 24.3 Å². The van der Waals surface area contributed by atoms with Gasteiger partial charge >= 0.3 is 5.97 Å². The summed E-state index contributed by atoms with van der Waals surface area (Å²) in [5.74, 6) is -5.62. The van der Waals surface area contributed by atoms with Crippen molar-refractivity contribution in [2.45, 2.75) is 26.8 Å². The van der Waals surface area contributed by atoms with E-state index in [0.29, 0.717) is 10.6 Å². The highest BCUT2D eigenvalue weighted by Gasteiger charge is 2.42. The van der Waals surface area contributed by atoms with Crippen LogP contribution in [0.1, 0.15) is 25.0 Å². The summed E-state index contributed by atoms with van der Waals surface area (Å²) in [5.41, 5.74) is 1.40. The fraction of sp³-hybridized carbons (Fsp3) is 0.261. The summed E-state index contributed by atoms with van der Waals surface area (Å²) in [6.07, 6.45) is 0.102. The number of rotatable bonds is 7. The van der Waals surface area contributed by atoms with Gasteiger partial charge in [0.15, 0.2) is 5.92 Å². The van der Waals surface area contributed by atoms with Crippen LogP contribution in [0.3, 0.4) is 0 Å². The molecule has 1 unspecified atom stereocenters. The molecule has 1 aliphatic rings. The number of amides is 3. The molecule has 3 amide bonds. The first kappa shape index (κ1) is 26.2. The lowest BCUT2D eigenvalue weighted by molar-refractivity contribution is -0.148. The molecule has 8 nitrogen and oxygen atoms in total. The number of nitrogens with zero attached hydrogens (tertiary/aromatic N) is 2. The summed E-state index contributed by atoms with van der Waals surface area (Å²) in [6.45, 7) is 3.34. The zero-order chi connectivity index (χ0) is 24.5. The smallest absolute Gasteiger partial charge is 0.322 e. The van der Waals surface area contributed by atoms with E-state index in [1.54, 1.807) is 42.5 Å². The minimum Gasteiger partial charge on any atom is -0.480 e. The molecule has 0 radical (unpaired) electrons. The summed E-state index contributed by atoms with van der Waals surface area (Å²) in [4.78, 5) is 54.1. The van der Waals surface area contributed by atoms with Gasteiger partial charge in [-0.1, -0.05) is 77.8 Å². The summed E-state index contributed by atoms with van der Waals surface area (Å²) >= 11 is 9.66. The third-order valence-electron chi connectivity index (χ3n) is 4.58. The van der Waals surface area contributed by atoms with Gasteiger partial charge in [0, 0.05) is 15.9 Å². The van der Waals surface area contributed by atoms with Gasteiger partial charge in [-0.15, -0.1) is 0 Å². The molecular weight excluding hydrogens is 514 g/mol. The number of carbonyl (C=O) groups excluding carboxylic acids is 3. The van der Waals surface area contributed by atoms with Crippen molar-refractivity contribution in [1.29, 1.82) is 0 Å². The monoisotopic (exact) mass is 535 g/mol. The lowest BCUT2D eigenvalue weighted by atomic mass is 10.0. The number of halogens is 2. The van der Waals surface area contributed by atoms with Crippen LogP contribution in [-0.4, -0.2) is 46.1 Å². The van der Waals surface area contributed by atoms with E-state index < -0.39 is 36.2 Å². The van der Waals surface area contributed by atoms with Crippen molar-refractivity contribution in [3.8, 4) is 0 Å². The van der Waals surface area contributed by atoms with E-state index in [-0.39, 0.29) is 18.8 Å². The van der Waals surface area contributed by atoms with E-state index >= 15 is 0 Å². The number of carboxylic acid groups (broad SMARTS) is 1. The Labute approximate surface area is 204 Å². The summed E-state index contributed by atoms with van der Waals surface area (Å²) in [7, 11) is 0. The van der Waals surface area contributed by atoms with Crippen LogP contribution >= 0.6 is 27.5 Å². The molecule has 0 fully saturated rings. The van der Waals surface area contributed by atoms with Crippen LogP contribution in [0.15, 0.2) is 58.0 Å². The highest BCUT2D eigenvalue weighted by molar-refractivity contribution is 9.10. The van der Waals surface area contributed by atoms with Gasteiger partial charge in [-0.3, -0.25) is 24.1 Å². The first-order chi connectivity index (χ1) is 15.8. The lowest BCUT2D eigenvalue weighted by Crippen LogP contribution is -2.53. The van der Waals surface area contributed by atoms with E-state index in [4.69, 9.17) is 16.7 Å². The molecule has 1 atom stereocenters. The zero-order valence-corrected chi connectivity index (χ0v) is 20.4. The van der Waals surface area contributed by atoms with E-state index in [9.17, 15) is 19.2 Å². The molecular formula is C23H23BrClN3O5. The SMILES string of the molecule is CC.O=C(O)CNC(=O)C1C(=O)N=C(Cc2ccccc2Cl)N(Cc2ccccc2Br)C1=O. The number of benzene rings is 2. The maximum absolute atomic E-state index is 13.2. The second-order valence-corrected chi connectivity index (χ2v) is 7.96. The van der Waals surface area contributed by atoms with Crippen LogP contribution in [0.2, 0.25) is 5.02 Å². The third-order valence-corrected chi connectivity index (χ3v) is 5.72. The summed E-state index contributed by atoms with van der Waals surface area (Å²) in [5, 5.41) is 11.3. The average molecular weight is 537 g/mol. The van der Waals surface area contributed by atoms with Gasteiger partial charge in [0.1, 0.15) is 12.4 Å². The topological polar surface area (TPSA) is 116 Å². The van der Waals surface area contributed by atoms with E-state index in [1.807, 2.05) is 19.9 Å². The Morgan fingerprint density at radius 1 is 1.09 bits per heavy atom.